The molecule has 3 atom stereocenters. The van der Waals surface area contributed by atoms with Gasteiger partial charge in [0.1, 0.15) is 0 Å². The Bertz CT molecular complexity index is 459. The molecule has 17 heavy (non-hydrogen) atoms. The summed E-state index contributed by atoms with van der Waals surface area (Å²) in [5, 5.41) is 2.94. The number of amides is 1. The van der Waals surface area contributed by atoms with E-state index in [1.54, 1.807) is 0 Å². The molecule has 1 saturated heterocycles. The Morgan fingerprint density at radius 3 is 2.88 bits per heavy atom. The summed E-state index contributed by atoms with van der Waals surface area (Å²) in [6.07, 6.45) is 1.94. The van der Waals surface area contributed by atoms with E-state index in [0.29, 0.717) is 5.92 Å². The highest BCUT2D eigenvalue weighted by molar-refractivity contribution is 6.05. The first-order valence-corrected chi connectivity index (χ1v) is 6.20. The lowest BCUT2D eigenvalue weighted by atomic mass is 9.81. The van der Waals surface area contributed by atoms with Crippen molar-refractivity contribution in [1.29, 1.82) is 0 Å². The fraction of sp³-hybridized carbons (Fsp3) is 0.500. The van der Waals surface area contributed by atoms with E-state index in [1.165, 1.54) is 0 Å². The van der Waals surface area contributed by atoms with Crippen molar-refractivity contribution in [3.05, 3.63) is 29.8 Å². The Kier molecular flexibility index (Phi) is 2.26. The van der Waals surface area contributed by atoms with Crippen LogP contribution in [-0.4, -0.2) is 12.0 Å². The lowest BCUT2D eigenvalue weighted by Crippen LogP contribution is -2.45. The molecule has 1 aromatic rings. The molecule has 2 aliphatic heterocycles. The number of nitrogens with one attached hydrogen (secondary N) is 1. The molecule has 0 aromatic heterocycles. The molecular weight excluding hydrogens is 214 g/mol. The van der Waals surface area contributed by atoms with Gasteiger partial charge in [0.15, 0.2) is 5.60 Å². The van der Waals surface area contributed by atoms with Crippen LogP contribution in [0.2, 0.25) is 0 Å². The normalized spacial score (nSPS) is 35.8. The molecule has 3 rings (SSSR count). The van der Waals surface area contributed by atoms with E-state index >= 15 is 0 Å². The Labute approximate surface area is 101 Å². The van der Waals surface area contributed by atoms with E-state index in [1.807, 2.05) is 31.2 Å². The number of fused-ring (bicyclic) bond motifs is 2. The molecule has 90 valence electrons. The zero-order valence-corrected chi connectivity index (χ0v) is 10.2. The van der Waals surface area contributed by atoms with Crippen molar-refractivity contribution in [3.8, 4) is 0 Å². The smallest absolute Gasteiger partial charge is 0.261 e. The minimum absolute atomic E-state index is 0.00269. The number of hydrogen-bond donors (Lipinski definition) is 1. The van der Waals surface area contributed by atoms with Gasteiger partial charge in [-0.3, -0.25) is 4.79 Å². The van der Waals surface area contributed by atoms with Crippen molar-refractivity contribution in [2.24, 2.45) is 5.92 Å². The molecule has 2 heterocycles. The number of rotatable bonds is 0. The third kappa shape index (κ3) is 1.49. The predicted octanol–water partition coefficient (Wildman–Crippen LogP) is 2.67. The molecule has 0 bridgehead atoms. The lowest BCUT2D eigenvalue weighted by molar-refractivity contribution is -0.165. The second kappa shape index (κ2) is 3.57. The van der Waals surface area contributed by atoms with Crippen LogP contribution < -0.4 is 5.32 Å². The Balaban J connectivity index is 2.09. The van der Waals surface area contributed by atoms with Crippen LogP contribution >= 0.6 is 0 Å². The minimum atomic E-state index is -0.742. The van der Waals surface area contributed by atoms with Crippen LogP contribution in [-0.2, 0) is 15.1 Å². The SMILES string of the molecule is CC1CC(C)OC2(C1)C(=O)Nc1ccccc12. The summed E-state index contributed by atoms with van der Waals surface area (Å²) in [5.41, 5.74) is 1.16. The summed E-state index contributed by atoms with van der Waals surface area (Å²) in [6.45, 7) is 4.24. The van der Waals surface area contributed by atoms with E-state index < -0.39 is 5.60 Å². The van der Waals surface area contributed by atoms with Crippen molar-refractivity contribution in [3.63, 3.8) is 0 Å². The molecule has 0 saturated carbocycles. The van der Waals surface area contributed by atoms with Crippen LogP contribution in [0.15, 0.2) is 24.3 Å². The fourth-order valence-electron chi connectivity index (χ4n) is 3.19. The third-order valence-corrected chi connectivity index (χ3v) is 3.75. The first kappa shape index (κ1) is 10.8. The van der Waals surface area contributed by atoms with Crippen LogP contribution in [0.4, 0.5) is 5.69 Å². The molecule has 1 aromatic carbocycles. The first-order valence-electron chi connectivity index (χ1n) is 6.20. The molecule has 3 unspecified atom stereocenters. The average Bonchev–Trinajstić information content (AvgIpc) is 2.51. The van der Waals surface area contributed by atoms with Crippen molar-refractivity contribution >= 4 is 11.6 Å². The largest absolute Gasteiger partial charge is 0.357 e. The number of carbonyl (C=O) groups is 1. The molecule has 0 aliphatic carbocycles. The van der Waals surface area contributed by atoms with Gasteiger partial charge >= 0.3 is 0 Å². The van der Waals surface area contributed by atoms with Crippen molar-refractivity contribution < 1.29 is 9.53 Å². The van der Waals surface area contributed by atoms with Gasteiger partial charge in [-0.1, -0.05) is 25.1 Å². The van der Waals surface area contributed by atoms with Gasteiger partial charge in [0.2, 0.25) is 0 Å². The quantitative estimate of drug-likeness (QED) is 0.745. The van der Waals surface area contributed by atoms with Crippen LogP contribution in [0.5, 0.6) is 0 Å². The topological polar surface area (TPSA) is 38.3 Å². The predicted molar refractivity (Wildman–Crippen MR) is 65.7 cm³/mol. The second-order valence-corrected chi connectivity index (χ2v) is 5.30. The third-order valence-electron chi connectivity index (χ3n) is 3.75. The maximum atomic E-state index is 12.3. The zero-order chi connectivity index (χ0) is 12.0. The van der Waals surface area contributed by atoms with E-state index in [2.05, 4.69) is 12.2 Å². The van der Waals surface area contributed by atoms with E-state index in [0.717, 1.165) is 24.1 Å². The zero-order valence-electron chi connectivity index (χ0n) is 10.2. The molecule has 1 fully saturated rings. The maximum Gasteiger partial charge on any atom is 0.261 e. The number of benzene rings is 1. The lowest BCUT2D eigenvalue weighted by Gasteiger charge is -2.39. The van der Waals surface area contributed by atoms with Gasteiger partial charge in [-0.2, -0.15) is 0 Å². The molecule has 3 nitrogen and oxygen atoms in total. The van der Waals surface area contributed by atoms with Gasteiger partial charge in [0.05, 0.1) is 6.10 Å². The Morgan fingerprint density at radius 2 is 2.12 bits per heavy atom. The second-order valence-electron chi connectivity index (χ2n) is 5.30. The van der Waals surface area contributed by atoms with Crippen molar-refractivity contribution in [1.82, 2.24) is 0 Å². The Morgan fingerprint density at radius 1 is 1.35 bits per heavy atom. The van der Waals surface area contributed by atoms with Gasteiger partial charge in [-0.05, 0) is 31.7 Å². The number of ether oxygens (including phenoxy) is 1. The highest BCUT2D eigenvalue weighted by atomic mass is 16.5. The molecule has 1 amide bonds. The van der Waals surface area contributed by atoms with Crippen LogP contribution in [0, 0.1) is 5.92 Å². The van der Waals surface area contributed by atoms with Crippen LogP contribution in [0.25, 0.3) is 0 Å². The van der Waals surface area contributed by atoms with Crippen LogP contribution in [0.1, 0.15) is 32.3 Å². The van der Waals surface area contributed by atoms with E-state index in [9.17, 15) is 4.79 Å². The first-order chi connectivity index (χ1) is 8.12. The molecule has 3 heteroatoms. The van der Waals surface area contributed by atoms with Crippen molar-refractivity contribution in [2.45, 2.75) is 38.4 Å². The van der Waals surface area contributed by atoms with Crippen molar-refractivity contribution in [2.75, 3.05) is 5.32 Å². The summed E-state index contributed by atoms with van der Waals surface area (Å²) in [7, 11) is 0. The van der Waals surface area contributed by atoms with Gasteiger partial charge < -0.3 is 10.1 Å². The van der Waals surface area contributed by atoms with E-state index in [-0.39, 0.29) is 12.0 Å². The summed E-state index contributed by atoms with van der Waals surface area (Å²) >= 11 is 0. The molecule has 2 aliphatic rings. The van der Waals surface area contributed by atoms with Crippen LogP contribution in [0.3, 0.4) is 0 Å². The molecule has 1 spiro atoms. The monoisotopic (exact) mass is 231 g/mol. The molecule has 0 radical (unpaired) electrons. The van der Waals surface area contributed by atoms with Gasteiger partial charge in [0, 0.05) is 11.3 Å². The highest BCUT2D eigenvalue weighted by Crippen LogP contribution is 2.47. The maximum absolute atomic E-state index is 12.3. The standard InChI is InChI=1S/C14H17NO2/c1-9-7-10(2)17-14(8-9)11-5-3-4-6-12(11)15-13(14)16/h3-6,9-10H,7-8H2,1-2H3,(H,15,16). The number of carbonyl (C=O) groups excluding carboxylic acids is 1. The number of para-hydroxylation sites is 1. The molecule has 1 N–H and O–H groups in total. The average molecular weight is 231 g/mol. The summed E-state index contributed by atoms with van der Waals surface area (Å²) in [4.78, 5) is 12.3. The minimum Gasteiger partial charge on any atom is -0.357 e. The number of anilines is 1. The summed E-state index contributed by atoms with van der Waals surface area (Å²) in [5.74, 6) is 0.507. The van der Waals surface area contributed by atoms with Gasteiger partial charge in [-0.25, -0.2) is 0 Å². The Hall–Kier alpha value is -1.35. The fourth-order valence-corrected chi connectivity index (χ4v) is 3.19. The summed E-state index contributed by atoms with van der Waals surface area (Å²) in [6, 6.07) is 7.84. The van der Waals surface area contributed by atoms with E-state index in [4.69, 9.17) is 4.74 Å². The highest BCUT2D eigenvalue weighted by Gasteiger charge is 2.51. The van der Waals surface area contributed by atoms with Gasteiger partial charge in [-0.15, -0.1) is 0 Å². The molecular formula is C14H17NO2. The van der Waals surface area contributed by atoms with Gasteiger partial charge in [0.25, 0.3) is 5.91 Å². The summed E-state index contributed by atoms with van der Waals surface area (Å²) < 4.78 is 6.03. The number of hydrogen-bond acceptors (Lipinski definition) is 2.